The van der Waals surface area contributed by atoms with Crippen LogP contribution >= 0.6 is 0 Å². The molecule has 0 aromatic heterocycles. The average Bonchev–Trinajstić information content (AvgIpc) is 2.30. The van der Waals surface area contributed by atoms with Crippen molar-refractivity contribution in [2.24, 2.45) is 0 Å². The van der Waals surface area contributed by atoms with Gasteiger partial charge in [0.25, 0.3) is 5.69 Å². The number of nitrogens with one attached hydrogen (secondary N) is 1. The minimum Gasteiger partial charge on any atom is -0.384 e. The Kier molecular flexibility index (Phi) is 4.90. The Labute approximate surface area is 102 Å². The molecule has 0 fully saturated rings. The molecule has 5 heteroatoms. The van der Waals surface area contributed by atoms with Crippen LogP contribution in [0.2, 0.25) is 0 Å². The first-order valence-corrected chi connectivity index (χ1v) is 5.72. The summed E-state index contributed by atoms with van der Waals surface area (Å²) in [5, 5.41) is 14.0. The second-order valence-electron chi connectivity index (χ2n) is 4.08. The van der Waals surface area contributed by atoms with E-state index in [0.717, 1.165) is 25.3 Å². The molecule has 0 spiro atoms. The zero-order chi connectivity index (χ0) is 12.8. The second kappa shape index (κ2) is 6.20. The third-order valence-corrected chi connectivity index (χ3v) is 2.77. The number of nitrogens with zero attached hydrogens (tertiary/aromatic N) is 2. The number of nitro benzene ring substituents is 1. The number of hydrogen-bond donors (Lipinski definition) is 1. The largest absolute Gasteiger partial charge is 0.384 e. The van der Waals surface area contributed by atoms with Gasteiger partial charge in [0.05, 0.1) is 4.92 Å². The lowest BCUT2D eigenvalue weighted by molar-refractivity contribution is -0.385. The Morgan fingerprint density at radius 3 is 2.76 bits per heavy atom. The maximum absolute atomic E-state index is 10.8. The van der Waals surface area contributed by atoms with Crippen molar-refractivity contribution in [3.05, 3.63) is 33.9 Å². The third-order valence-electron chi connectivity index (χ3n) is 2.77. The molecule has 0 saturated carbocycles. The summed E-state index contributed by atoms with van der Waals surface area (Å²) in [5.41, 5.74) is 1.65. The van der Waals surface area contributed by atoms with Gasteiger partial charge in [0.15, 0.2) is 0 Å². The Balaban J connectivity index is 2.60. The monoisotopic (exact) mass is 237 g/mol. The minimum absolute atomic E-state index is 0.166. The van der Waals surface area contributed by atoms with Crippen molar-refractivity contribution in [3.63, 3.8) is 0 Å². The van der Waals surface area contributed by atoms with E-state index in [-0.39, 0.29) is 10.6 Å². The molecule has 0 aliphatic rings. The summed E-state index contributed by atoms with van der Waals surface area (Å²) in [6, 6.07) is 5.22. The molecule has 0 aliphatic carbocycles. The lowest BCUT2D eigenvalue weighted by atomic mass is 10.2. The fourth-order valence-corrected chi connectivity index (χ4v) is 1.47. The normalized spacial score (nSPS) is 10.6. The van der Waals surface area contributed by atoms with E-state index in [1.165, 1.54) is 0 Å². The first-order valence-electron chi connectivity index (χ1n) is 5.72. The summed E-state index contributed by atoms with van der Waals surface area (Å²) in [6.07, 6.45) is 0. The molecule has 0 aliphatic heterocycles. The summed E-state index contributed by atoms with van der Waals surface area (Å²) >= 11 is 0. The van der Waals surface area contributed by atoms with Crippen LogP contribution in [0.25, 0.3) is 0 Å². The topological polar surface area (TPSA) is 58.4 Å². The molecule has 0 atom stereocenters. The van der Waals surface area contributed by atoms with Crippen LogP contribution in [0, 0.1) is 17.0 Å². The fraction of sp³-hybridized carbons (Fsp3) is 0.500. The van der Waals surface area contributed by atoms with Gasteiger partial charge in [-0.3, -0.25) is 10.1 Å². The maximum atomic E-state index is 10.8. The van der Waals surface area contributed by atoms with Gasteiger partial charge in [-0.1, -0.05) is 13.0 Å². The first kappa shape index (κ1) is 13.4. The van der Waals surface area contributed by atoms with Crippen LogP contribution in [-0.2, 0) is 0 Å². The lowest BCUT2D eigenvalue weighted by Gasteiger charge is -2.14. The zero-order valence-electron chi connectivity index (χ0n) is 10.6. The smallest absolute Gasteiger partial charge is 0.274 e. The molecule has 94 valence electrons. The number of aryl methyl sites for hydroxylation is 1. The predicted octanol–water partition coefficient (Wildman–Crippen LogP) is 2.27. The number of likely N-dealkylation sites (N-methyl/N-ethyl adjacent to an activating group) is 1. The first-order chi connectivity index (χ1) is 8.04. The second-order valence-corrected chi connectivity index (χ2v) is 4.08. The van der Waals surface area contributed by atoms with E-state index >= 15 is 0 Å². The zero-order valence-corrected chi connectivity index (χ0v) is 10.6. The van der Waals surface area contributed by atoms with Crippen LogP contribution in [0.1, 0.15) is 12.5 Å². The van der Waals surface area contributed by atoms with Gasteiger partial charge in [0, 0.05) is 30.4 Å². The van der Waals surface area contributed by atoms with E-state index < -0.39 is 0 Å². The predicted molar refractivity (Wildman–Crippen MR) is 69.5 cm³/mol. The molecule has 1 rings (SSSR count). The highest BCUT2D eigenvalue weighted by molar-refractivity contribution is 5.54. The molecular formula is C12H19N3O2. The van der Waals surface area contributed by atoms with Crippen LogP contribution in [0.15, 0.2) is 18.2 Å². The number of rotatable bonds is 6. The van der Waals surface area contributed by atoms with Crippen molar-refractivity contribution in [2.45, 2.75) is 13.8 Å². The van der Waals surface area contributed by atoms with Crippen molar-refractivity contribution >= 4 is 11.4 Å². The fourth-order valence-electron chi connectivity index (χ4n) is 1.47. The summed E-state index contributed by atoms with van der Waals surface area (Å²) in [7, 11) is 2.04. The van der Waals surface area contributed by atoms with Crippen molar-refractivity contribution in [1.82, 2.24) is 4.90 Å². The Morgan fingerprint density at radius 2 is 2.18 bits per heavy atom. The maximum Gasteiger partial charge on any atom is 0.274 e. The highest BCUT2D eigenvalue weighted by atomic mass is 16.6. The van der Waals surface area contributed by atoms with Crippen molar-refractivity contribution in [3.8, 4) is 0 Å². The van der Waals surface area contributed by atoms with E-state index in [1.54, 1.807) is 19.1 Å². The van der Waals surface area contributed by atoms with Crippen molar-refractivity contribution < 1.29 is 4.92 Å². The minimum atomic E-state index is -0.349. The van der Waals surface area contributed by atoms with Gasteiger partial charge < -0.3 is 10.2 Å². The molecule has 1 aromatic rings. The Morgan fingerprint density at radius 1 is 1.47 bits per heavy atom. The van der Waals surface area contributed by atoms with Gasteiger partial charge in [0.2, 0.25) is 0 Å². The summed E-state index contributed by atoms with van der Waals surface area (Å²) in [4.78, 5) is 12.6. The van der Waals surface area contributed by atoms with Crippen LogP contribution in [0.3, 0.4) is 0 Å². The van der Waals surface area contributed by atoms with Gasteiger partial charge in [-0.2, -0.15) is 0 Å². The molecule has 0 amide bonds. The molecule has 0 saturated heterocycles. The molecular weight excluding hydrogens is 218 g/mol. The highest BCUT2D eigenvalue weighted by Crippen LogP contribution is 2.21. The van der Waals surface area contributed by atoms with Crippen LogP contribution in [0.4, 0.5) is 11.4 Å². The van der Waals surface area contributed by atoms with Gasteiger partial charge in [-0.25, -0.2) is 0 Å². The van der Waals surface area contributed by atoms with Gasteiger partial charge >= 0.3 is 0 Å². The lowest BCUT2D eigenvalue weighted by Crippen LogP contribution is -2.24. The summed E-state index contributed by atoms with van der Waals surface area (Å²) in [6.45, 7) is 6.53. The van der Waals surface area contributed by atoms with E-state index in [2.05, 4.69) is 17.1 Å². The molecule has 0 unspecified atom stereocenters. The number of hydrogen-bond acceptors (Lipinski definition) is 4. The van der Waals surface area contributed by atoms with Crippen molar-refractivity contribution in [2.75, 3.05) is 32.0 Å². The van der Waals surface area contributed by atoms with Crippen LogP contribution < -0.4 is 5.32 Å². The molecule has 5 nitrogen and oxygen atoms in total. The van der Waals surface area contributed by atoms with E-state index in [9.17, 15) is 10.1 Å². The van der Waals surface area contributed by atoms with Gasteiger partial charge in [-0.15, -0.1) is 0 Å². The standard InChI is InChI=1S/C12H19N3O2/c1-4-14(3)8-7-13-11-6-5-10(2)12(9-11)15(16)17/h5-6,9,13H,4,7-8H2,1-3H3. The third kappa shape index (κ3) is 4.03. The molecule has 1 N–H and O–H groups in total. The van der Waals surface area contributed by atoms with Crippen molar-refractivity contribution in [1.29, 1.82) is 0 Å². The summed E-state index contributed by atoms with van der Waals surface area (Å²) < 4.78 is 0. The van der Waals surface area contributed by atoms with E-state index in [4.69, 9.17) is 0 Å². The number of benzene rings is 1. The van der Waals surface area contributed by atoms with E-state index in [0.29, 0.717) is 5.56 Å². The number of nitro groups is 1. The Bertz CT molecular complexity index is 393. The molecule has 1 aromatic carbocycles. The molecule has 0 heterocycles. The molecule has 0 bridgehead atoms. The Hall–Kier alpha value is -1.62. The van der Waals surface area contributed by atoms with Gasteiger partial charge in [0.1, 0.15) is 0 Å². The SMILES string of the molecule is CCN(C)CCNc1ccc(C)c([N+](=O)[O-])c1. The molecule has 0 radical (unpaired) electrons. The van der Waals surface area contributed by atoms with Crippen LogP contribution in [-0.4, -0.2) is 36.5 Å². The van der Waals surface area contributed by atoms with Crippen LogP contribution in [0.5, 0.6) is 0 Å². The number of anilines is 1. The average molecular weight is 237 g/mol. The highest BCUT2D eigenvalue weighted by Gasteiger charge is 2.10. The summed E-state index contributed by atoms with van der Waals surface area (Å²) in [5.74, 6) is 0. The molecule has 17 heavy (non-hydrogen) atoms. The quantitative estimate of drug-likeness (QED) is 0.609. The van der Waals surface area contributed by atoms with Gasteiger partial charge in [-0.05, 0) is 26.6 Å². The van der Waals surface area contributed by atoms with E-state index in [1.807, 2.05) is 13.1 Å².